The number of aliphatic hydroxyl groups excluding tert-OH is 1. The van der Waals surface area contributed by atoms with E-state index in [0.29, 0.717) is 19.6 Å². The van der Waals surface area contributed by atoms with Crippen LogP contribution >= 0.6 is 0 Å². The third kappa shape index (κ3) is 4.37. The molecule has 1 fully saturated rings. The second-order valence-corrected chi connectivity index (χ2v) is 6.21. The Bertz CT molecular complexity index is 504. The van der Waals surface area contributed by atoms with Gasteiger partial charge in [-0.05, 0) is 32.3 Å². The minimum Gasteiger partial charge on any atom is -0.491 e. The summed E-state index contributed by atoms with van der Waals surface area (Å²) in [6, 6.07) is 7.58. The van der Waals surface area contributed by atoms with Gasteiger partial charge in [-0.3, -0.25) is 0 Å². The maximum absolute atomic E-state index is 12.2. The summed E-state index contributed by atoms with van der Waals surface area (Å²) < 4.78 is 5.75. The van der Waals surface area contributed by atoms with E-state index < -0.39 is 6.10 Å². The molecule has 2 rings (SSSR count). The Morgan fingerprint density at radius 3 is 2.86 bits per heavy atom. The number of carbonyl (C=O) groups is 1. The van der Waals surface area contributed by atoms with Crippen molar-refractivity contribution in [3.8, 4) is 5.75 Å². The monoisotopic (exact) mass is 306 g/mol. The average molecular weight is 306 g/mol. The zero-order valence-electron chi connectivity index (χ0n) is 13.6. The summed E-state index contributed by atoms with van der Waals surface area (Å²) in [5.41, 5.74) is 0.954. The number of β-amino-alcohol motifs (C(OH)–C–C–N with tert-alkyl or cyclic N) is 1. The molecule has 1 heterocycles. The molecular formula is C17H26N2O3. The summed E-state index contributed by atoms with van der Waals surface area (Å²) >= 11 is 0. The smallest absolute Gasteiger partial charge is 0.317 e. The third-order valence-electron chi connectivity index (χ3n) is 3.97. The fraction of sp³-hybridized carbons (Fsp3) is 0.588. The molecule has 0 spiro atoms. The molecule has 1 aliphatic rings. The zero-order valence-corrected chi connectivity index (χ0v) is 13.6. The van der Waals surface area contributed by atoms with Gasteiger partial charge in [-0.2, -0.15) is 0 Å². The maximum Gasteiger partial charge on any atom is 0.317 e. The summed E-state index contributed by atoms with van der Waals surface area (Å²) in [6.07, 6.45) is 0.494. The molecule has 2 atom stereocenters. The Balaban J connectivity index is 1.91. The van der Waals surface area contributed by atoms with Crippen LogP contribution < -0.4 is 10.1 Å². The van der Waals surface area contributed by atoms with Crippen molar-refractivity contribution in [1.29, 1.82) is 0 Å². The molecule has 2 N–H and O–H groups in total. The van der Waals surface area contributed by atoms with Crippen molar-refractivity contribution in [3.63, 3.8) is 0 Å². The van der Waals surface area contributed by atoms with E-state index in [0.717, 1.165) is 17.7 Å². The molecule has 5 heteroatoms. The predicted octanol–water partition coefficient (Wildman–Crippen LogP) is 2.39. The van der Waals surface area contributed by atoms with E-state index >= 15 is 0 Å². The van der Waals surface area contributed by atoms with Gasteiger partial charge in [0.05, 0.1) is 12.2 Å². The maximum atomic E-state index is 12.2. The number of hydrogen-bond acceptors (Lipinski definition) is 3. The number of piperidine rings is 1. The standard InChI is InChI=1S/C17H26N2O3/c1-12(2)22-16-7-5-4-6-14(16)10-18-17(21)19-9-8-13(3)15(20)11-19/h4-7,12-13,15,20H,8-11H2,1-3H3,(H,18,21). The Labute approximate surface area is 132 Å². The van der Waals surface area contributed by atoms with Crippen molar-refractivity contribution in [2.45, 2.75) is 45.9 Å². The number of amides is 2. The van der Waals surface area contributed by atoms with Crippen LogP contribution in [0.3, 0.4) is 0 Å². The molecule has 5 nitrogen and oxygen atoms in total. The topological polar surface area (TPSA) is 61.8 Å². The van der Waals surface area contributed by atoms with Gasteiger partial charge in [0, 0.05) is 25.2 Å². The molecule has 0 saturated carbocycles. The van der Waals surface area contributed by atoms with Crippen molar-refractivity contribution in [3.05, 3.63) is 29.8 Å². The molecule has 0 aliphatic carbocycles. The summed E-state index contributed by atoms with van der Waals surface area (Å²) in [6.45, 7) is 7.48. The lowest BCUT2D eigenvalue weighted by atomic mass is 9.96. The van der Waals surface area contributed by atoms with Crippen LogP contribution in [-0.4, -0.2) is 41.3 Å². The van der Waals surface area contributed by atoms with Gasteiger partial charge in [0.2, 0.25) is 0 Å². The lowest BCUT2D eigenvalue weighted by molar-refractivity contribution is 0.0435. The molecule has 0 aromatic heterocycles. The van der Waals surface area contributed by atoms with Gasteiger partial charge in [0.1, 0.15) is 5.75 Å². The molecule has 0 radical (unpaired) electrons. The number of nitrogens with one attached hydrogen (secondary N) is 1. The van der Waals surface area contributed by atoms with Gasteiger partial charge in [0.15, 0.2) is 0 Å². The fourth-order valence-corrected chi connectivity index (χ4v) is 2.53. The molecule has 0 bridgehead atoms. The summed E-state index contributed by atoms with van der Waals surface area (Å²) in [5.74, 6) is 1.05. The number of likely N-dealkylation sites (tertiary alicyclic amines) is 1. The number of nitrogens with zero attached hydrogens (tertiary/aromatic N) is 1. The number of aliphatic hydroxyl groups is 1. The lowest BCUT2D eigenvalue weighted by Crippen LogP contribution is -2.49. The predicted molar refractivity (Wildman–Crippen MR) is 85.8 cm³/mol. The number of benzene rings is 1. The van der Waals surface area contributed by atoms with Crippen LogP contribution in [0.5, 0.6) is 5.75 Å². The van der Waals surface area contributed by atoms with Crippen LogP contribution in [0.1, 0.15) is 32.8 Å². The number of hydrogen-bond donors (Lipinski definition) is 2. The Morgan fingerprint density at radius 2 is 2.18 bits per heavy atom. The van der Waals surface area contributed by atoms with Crippen LogP contribution in [0.25, 0.3) is 0 Å². The van der Waals surface area contributed by atoms with E-state index in [2.05, 4.69) is 5.32 Å². The van der Waals surface area contributed by atoms with Gasteiger partial charge in [-0.15, -0.1) is 0 Å². The Morgan fingerprint density at radius 1 is 1.45 bits per heavy atom. The highest BCUT2D eigenvalue weighted by molar-refractivity contribution is 5.74. The van der Waals surface area contributed by atoms with Crippen molar-refractivity contribution < 1.29 is 14.6 Å². The van der Waals surface area contributed by atoms with E-state index in [9.17, 15) is 9.90 Å². The fourth-order valence-electron chi connectivity index (χ4n) is 2.53. The van der Waals surface area contributed by atoms with Crippen molar-refractivity contribution in [1.82, 2.24) is 10.2 Å². The molecule has 2 unspecified atom stereocenters. The van der Waals surface area contributed by atoms with Gasteiger partial charge < -0.3 is 20.1 Å². The van der Waals surface area contributed by atoms with Crippen LogP contribution in [-0.2, 0) is 6.54 Å². The van der Waals surface area contributed by atoms with E-state index in [4.69, 9.17) is 4.74 Å². The molecule has 1 saturated heterocycles. The van der Waals surface area contributed by atoms with Crippen LogP contribution in [0.4, 0.5) is 4.79 Å². The minimum atomic E-state index is -0.434. The van der Waals surface area contributed by atoms with E-state index in [1.54, 1.807) is 4.90 Å². The highest BCUT2D eigenvalue weighted by atomic mass is 16.5. The molecular weight excluding hydrogens is 280 g/mol. The second-order valence-electron chi connectivity index (χ2n) is 6.21. The minimum absolute atomic E-state index is 0.0931. The molecule has 2 amide bonds. The number of rotatable bonds is 4. The highest BCUT2D eigenvalue weighted by Gasteiger charge is 2.27. The Kier molecular flexibility index (Phi) is 5.66. The first kappa shape index (κ1) is 16.6. The largest absolute Gasteiger partial charge is 0.491 e. The van der Waals surface area contributed by atoms with Gasteiger partial charge in [0.25, 0.3) is 0 Å². The molecule has 22 heavy (non-hydrogen) atoms. The Hall–Kier alpha value is -1.75. The quantitative estimate of drug-likeness (QED) is 0.898. The van der Waals surface area contributed by atoms with E-state index in [1.165, 1.54) is 0 Å². The van der Waals surface area contributed by atoms with Crippen molar-refractivity contribution in [2.75, 3.05) is 13.1 Å². The molecule has 1 aromatic carbocycles. The van der Waals surface area contributed by atoms with Gasteiger partial charge >= 0.3 is 6.03 Å². The normalized spacial score (nSPS) is 21.8. The molecule has 1 aromatic rings. The van der Waals surface area contributed by atoms with Gasteiger partial charge in [-0.25, -0.2) is 4.79 Å². The van der Waals surface area contributed by atoms with Crippen LogP contribution in [0.2, 0.25) is 0 Å². The summed E-state index contributed by atoms with van der Waals surface area (Å²) in [7, 11) is 0. The van der Waals surface area contributed by atoms with Crippen LogP contribution in [0.15, 0.2) is 24.3 Å². The average Bonchev–Trinajstić information content (AvgIpc) is 2.48. The number of carbonyl (C=O) groups excluding carboxylic acids is 1. The SMILES string of the molecule is CC(C)Oc1ccccc1CNC(=O)N1CCC(C)C(O)C1. The lowest BCUT2D eigenvalue weighted by Gasteiger charge is -2.34. The first-order chi connectivity index (χ1) is 10.5. The van der Waals surface area contributed by atoms with E-state index in [-0.39, 0.29) is 18.1 Å². The highest BCUT2D eigenvalue weighted by Crippen LogP contribution is 2.20. The first-order valence-electron chi connectivity index (χ1n) is 7.92. The summed E-state index contributed by atoms with van der Waals surface area (Å²) in [5, 5.41) is 12.8. The van der Waals surface area contributed by atoms with Crippen molar-refractivity contribution >= 4 is 6.03 Å². The third-order valence-corrected chi connectivity index (χ3v) is 3.97. The number of urea groups is 1. The second kappa shape index (κ2) is 7.49. The van der Waals surface area contributed by atoms with Crippen molar-refractivity contribution in [2.24, 2.45) is 5.92 Å². The van der Waals surface area contributed by atoms with Gasteiger partial charge in [-0.1, -0.05) is 25.1 Å². The first-order valence-corrected chi connectivity index (χ1v) is 7.92. The summed E-state index contributed by atoms with van der Waals surface area (Å²) in [4.78, 5) is 13.9. The zero-order chi connectivity index (χ0) is 16.1. The molecule has 1 aliphatic heterocycles. The molecule has 122 valence electrons. The van der Waals surface area contributed by atoms with E-state index in [1.807, 2.05) is 45.0 Å². The van der Waals surface area contributed by atoms with Crippen LogP contribution in [0, 0.1) is 5.92 Å². The number of para-hydroxylation sites is 1. The number of ether oxygens (including phenoxy) is 1.